The van der Waals surface area contributed by atoms with E-state index in [1.54, 1.807) is 48.5 Å². The van der Waals surface area contributed by atoms with Gasteiger partial charge in [0, 0.05) is 17.4 Å². The Hall–Kier alpha value is -3.51. The Morgan fingerprint density at radius 1 is 0.853 bits per heavy atom. The fraction of sp³-hybridized carbons (Fsp3) is 0.154. The molecule has 2 N–H and O–H groups in total. The van der Waals surface area contributed by atoms with Gasteiger partial charge in [-0.05, 0) is 21.7 Å². The molecular formula is C26H23O7P. The highest BCUT2D eigenvalue weighted by Crippen LogP contribution is 2.54. The van der Waals surface area contributed by atoms with Crippen LogP contribution in [0.4, 0.5) is 0 Å². The maximum Gasteiger partial charge on any atom is 0.343 e. The summed E-state index contributed by atoms with van der Waals surface area (Å²) in [7, 11) is -3.61. The second kappa shape index (κ2) is 9.77. The summed E-state index contributed by atoms with van der Waals surface area (Å²) >= 11 is 0. The van der Waals surface area contributed by atoms with E-state index < -0.39 is 25.0 Å². The van der Waals surface area contributed by atoms with Crippen molar-refractivity contribution in [2.24, 2.45) is 0 Å². The number of fused-ring (bicyclic) bond motifs is 2. The lowest BCUT2D eigenvalue weighted by atomic mass is 9.95. The van der Waals surface area contributed by atoms with E-state index in [-0.39, 0.29) is 18.6 Å². The Labute approximate surface area is 196 Å². The molecule has 0 aromatic heterocycles. The third kappa shape index (κ3) is 4.87. The lowest BCUT2D eigenvalue weighted by Crippen LogP contribution is -2.18. The minimum absolute atomic E-state index is 0.272. The molecule has 174 valence electrons. The zero-order valence-corrected chi connectivity index (χ0v) is 19.3. The summed E-state index contributed by atoms with van der Waals surface area (Å²) in [5.41, 5.74) is -0.945. The molecule has 0 saturated carbocycles. The largest absolute Gasteiger partial charge is 0.481 e. The predicted molar refractivity (Wildman–Crippen MR) is 129 cm³/mol. The fourth-order valence-electron chi connectivity index (χ4n) is 4.10. The molecule has 0 radical (unpaired) electrons. The normalized spacial score (nSPS) is 12.4. The van der Waals surface area contributed by atoms with E-state index in [0.29, 0.717) is 22.1 Å². The second-order valence-electron chi connectivity index (χ2n) is 7.84. The van der Waals surface area contributed by atoms with Gasteiger partial charge in [-0.2, -0.15) is 0 Å². The molecule has 1 atom stereocenters. The number of rotatable bonds is 8. The zero-order chi connectivity index (χ0) is 24.3. The van der Waals surface area contributed by atoms with Gasteiger partial charge in [-0.3, -0.25) is 9.36 Å². The van der Waals surface area contributed by atoms with Gasteiger partial charge in [0.15, 0.2) is 12.4 Å². The first-order valence-electron chi connectivity index (χ1n) is 10.6. The van der Waals surface area contributed by atoms with Gasteiger partial charge < -0.3 is 19.3 Å². The summed E-state index contributed by atoms with van der Waals surface area (Å²) in [5.74, 6) is -0.934. The Morgan fingerprint density at radius 3 is 2.15 bits per heavy atom. The Kier molecular flexibility index (Phi) is 6.80. The zero-order valence-electron chi connectivity index (χ0n) is 18.4. The quantitative estimate of drug-likeness (QED) is 0.282. The molecule has 4 rings (SSSR count). The van der Waals surface area contributed by atoms with Crippen LogP contribution in [-0.4, -0.2) is 35.3 Å². The monoisotopic (exact) mass is 478 g/mol. The standard InChI is InChI=1S/C26H23O7P/c1-32-24(28)16-33-25-19(14-13-18-8-3-5-11-21(18)25)15-23(27)26(34(29,30)31)22-12-6-9-17-7-2-4-10-20(17)22/h2-14,26H,15-16H2,1H3,(H2,29,30,31). The van der Waals surface area contributed by atoms with Crippen LogP contribution < -0.4 is 4.74 Å². The van der Waals surface area contributed by atoms with Gasteiger partial charge in [0.1, 0.15) is 11.4 Å². The van der Waals surface area contributed by atoms with E-state index in [1.807, 2.05) is 30.3 Å². The molecule has 0 spiro atoms. The van der Waals surface area contributed by atoms with E-state index in [0.717, 1.165) is 10.8 Å². The number of esters is 1. The van der Waals surface area contributed by atoms with Gasteiger partial charge in [0.2, 0.25) is 0 Å². The number of benzene rings is 4. The third-order valence-electron chi connectivity index (χ3n) is 5.65. The predicted octanol–water partition coefficient (Wildman–Crippen LogP) is 4.58. The van der Waals surface area contributed by atoms with Crippen molar-refractivity contribution in [3.8, 4) is 5.75 Å². The molecule has 0 aliphatic heterocycles. The van der Waals surface area contributed by atoms with Gasteiger partial charge in [0.05, 0.1) is 7.11 Å². The van der Waals surface area contributed by atoms with Crippen LogP contribution in [0.15, 0.2) is 78.9 Å². The van der Waals surface area contributed by atoms with E-state index >= 15 is 0 Å². The van der Waals surface area contributed by atoms with Crippen molar-refractivity contribution in [2.75, 3.05) is 13.7 Å². The molecule has 0 aliphatic rings. The number of ketones is 1. The summed E-state index contributed by atoms with van der Waals surface area (Å²) in [6, 6.07) is 23.0. The van der Waals surface area contributed by atoms with Gasteiger partial charge >= 0.3 is 13.6 Å². The minimum atomic E-state index is -4.86. The maximum absolute atomic E-state index is 13.4. The molecule has 0 amide bonds. The summed E-state index contributed by atoms with van der Waals surface area (Å²) in [6.45, 7) is -0.364. The van der Waals surface area contributed by atoms with Gasteiger partial charge in [-0.15, -0.1) is 0 Å². The highest BCUT2D eigenvalue weighted by atomic mass is 31.2. The molecule has 0 saturated heterocycles. The van der Waals surface area contributed by atoms with Gasteiger partial charge in [0.25, 0.3) is 0 Å². The number of Topliss-reactive ketones (excluding diaryl/α,β-unsaturated/α-hetero) is 1. The summed E-state index contributed by atoms with van der Waals surface area (Å²) in [6.07, 6.45) is -0.291. The molecule has 0 aliphatic carbocycles. The van der Waals surface area contributed by atoms with Crippen molar-refractivity contribution >= 4 is 40.9 Å². The average molecular weight is 478 g/mol. The summed E-state index contributed by atoms with van der Waals surface area (Å²) < 4.78 is 22.9. The lowest BCUT2D eigenvalue weighted by molar-refractivity contribution is -0.142. The number of methoxy groups -OCH3 is 1. The number of hydrogen-bond donors (Lipinski definition) is 2. The molecular weight excluding hydrogens is 455 g/mol. The van der Waals surface area contributed by atoms with E-state index in [9.17, 15) is 23.9 Å². The van der Waals surface area contributed by atoms with Crippen molar-refractivity contribution in [1.29, 1.82) is 0 Å². The Balaban J connectivity index is 1.77. The number of hydrogen-bond acceptors (Lipinski definition) is 5. The van der Waals surface area contributed by atoms with Gasteiger partial charge in [-0.25, -0.2) is 4.79 Å². The van der Waals surface area contributed by atoms with Crippen LogP contribution in [0, 0.1) is 0 Å². The van der Waals surface area contributed by atoms with Crippen LogP contribution in [-0.2, 0) is 25.3 Å². The molecule has 0 heterocycles. The number of carbonyl (C=O) groups is 2. The molecule has 1 unspecified atom stereocenters. The Bertz CT molecular complexity index is 1420. The second-order valence-corrected chi connectivity index (χ2v) is 9.54. The van der Waals surface area contributed by atoms with E-state index in [4.69, 9.17) is 4.74 Å². The Morgan fingerprint density at radius 2 is 1.47 bits per heavy atom. The lowest BCUT2D eigenvalue weighted by Gasteiger charge is -2.21. The topological polar surface area (TPSA) is 110 Å². The minimum Gasteiger partial charge on any atom is -0.481 e. The summed E-state index contributed by atoms with van der Waals surface area (Å²) in [5, 5.41) is 2.89. The van der Waals surface area contributed by atoms with Crippen LogP contribution in [0.3, 0.4) is 0 Å². The van der Waals surface area contributed by atoms with Crippen LogP contribution in [0.2, 0.25) is 0 Å². The average Bonchev–Trinajstić information content (AvgIpc) is 2.82. The SMILES string of the molecule is COC(=O)COc1c(CC(=O)C(c2cccc3ccccc23)P(=O)(O)O)ccc2ccccc12. The summed E-state index contributed by atoms with van der Waals surface area (Å²) in [4.78, 5) is 45.5. The molecule has 0 bridgehead atoms. The van der Waals surface area contributed by atoms with Crippen molar-refractivity contribution in [2.45, 2.75) is 12.1 Å². The molecule has 4 aromatic carbocycles. The van der Waals surface area contributed by atoms with E-state index in [1.165, 1.54) is 7.11 Å². The van der Waals surface area contributed by atoms with Crippen molar-refractivity contribution in [3.05, 3.63) is 90.0 Å². The molecule has 7 nitrogen and oxygen atoms in total. The number of carbonyl (C=O) groups excluding carboxylic acids is 2. The molecule has 0 fully saturated rings. The highest BCUT2D eigenvalue weighted by Gasteiger charge is 2.38. The van der Waals surface area contributed by atoms with Crippen molar-refractivity contribution in [1.82, 2.24) is 0 Å². The number of ether oxygens (including phenoxy) is 2. The van der Waals surface area contributed by atoms with Crippen LogP contribution in [0.25, 0.3) is 21.5 Å². The van der Waals surface area contributed by atoms with Crippen molar-refractivity contribution in [3.63, 3.8) is 0 Å². The van der Waals surface area contributed by atoms with Crippen LogP contribution in [0.5, 0.6) is 5.75 Å². The first-order valence-corrected chi connectivity index (χ1v) is 12.2. The van der Waals surface area contributed by atoms with Crippen LogP contribution in [0.1, 0.15) is 16.8 Å². The fourth-order valence-corrected chi connectivity index (χ4v) is 5.16. The van der Waals surface area contributed by atoms with E-state index in [2.05, 4.69) is 4.74 Å². The molecule has 4 aromatic rings. The molecule has 8 heteroatoms. The smallest absolute Gasteiger partial charge is 0.343 e. The highest BCUT2D eigenvalue weighted by molar-refractivity contribution is 7.53. The molecule has 34 heavy (non-hydrogen) atoms. The maximum atomic E-state index is 13.4. The first-order chi connectivity index (χ1) is 16.3. The van der Waals surface area contributed by atoms with Crippen molar-refractivity contribution < 1.29 is 33.4 Å². The third-order valence-corrected chi connectivity index (χ3v) is 6.89. The first kappa shape index (κ1) is 23.6. The van der Waals surface area contributed by atoms with Gasteiger partial charge in [-0.1, -0.05) is 78.9 Å². The van der Waals surface area contributed by atoms with Crippen LogP contribution >= 0.6 is 7.60 Å².